The maximum absolute atomic E-state index is 13.3. The molecule has 2 aromatic heterocycles. The standard InChI is InChI=1S/C18H22ClN5OS/c1-12-11-20-23(4)16(12)17(25)24(9-5-8-22(2)3)18-21-14-7-6-13(19)10-15(14)26-18/h6-7,10-11H,5,8-9H2,1-4H3. The van der Waals surface area contributed by atoms with Gasteiger partial charge in [0.2, 0.25) is 0 Å². The van der Waals surface area contributed by atoms with Gasteiger partial charge in [-0.15, -0.1) is 0 Å². The molecule has 6 nitrogen and oxygen atoms in total. The highest BCUT2D eigenvalue weighted by Crippen LogP contribution is 2.31. The molecule has 0 aliphatic rings. The number of hydrogen-bond acceptors (Lipinski definition) is 5. The highest BCUT2D eigenvalue weighted by atomic mass is 35.5. The van der Waals surface area contributed by atoms with E-state index in [1.807, 2.05) is 39.2 Å². The number of carbonyl (C=O) groups is 1. The van der Waals surface area contributed by atoms with Crippen molar-refractivity contribution in [1.29, 1.82) is 0 Å². The van der Waals surface area contributed by atoms with E-state index < -0.39 is 0 Å². The molecule has 0 aliphatic heterocycles. The van der Waals surface area contributed by atoms with Gasteiger partial charge in [-0.2, -0.15) is 5.10 Å². The molecule has 0 aliphatic carbocycles. The molecule has 3 aromatic rings. The van der Waals surface area contributed by atoms with E-state index in [0.29, 0.717) is 22.4 Å². The average molecular weight is 392 g/mol. The van der Waals surface area contributed by atoms with Crippen LogP contribution in [0.1, 0.15) is 22.5 Å². The molecule has 1 amide bonds. The normalized spacial score (nSPS) is 11.5. The third-order valence-electron chi connectivity index (χ3n) is 4.13. The van der Waals surface area contributed by atoms with Gasteiger partial charge in [0.15, 0.2) is 5.13 Å². The molecule has 138 valence electrons. The lowest BCUT2D eigenvalue weighted by molar-refractivity contribution is 0.0976. The molecule has 8 heteroatoms. The van der Waals surface area contributed by atoms with Gasteiger partial charge in [0.05, 0.1) is 16.4 Å². The Morgan fingerprint density at radius 3 is 2.73 bits per heavy atom. The van der Waals surface area contributed by atoms with Crippen LogP contribution < -0.4 is 4.90 Å². The molecular weight excluding hydrogens is 370 g/mol. The lowest BCUT2D eigenvalue weighted by atomic mass is 10.2. The number of carbonyl (C=O) groups excluding carboxylic acids is 1. The number of aromatic nitrogens is 3. The number of halogens is 1. The summed E-state index contributed by atoms with van der Waals surface area (Å²) < 4.78 is 2.60. The summed E-state index contributed by atoms with van der Waals surface area (Å²) in [5, 5.41) is 5.56. The second-order valence-electron chi connectivity index (χ2n) is 6.52. The number of rotatable bonds is 6. The third-order valence-corrected chi connectivity index (χ3v) is 5.40. The zero-order valence-corrected chi connectivity index (χ0v) is 16.9. The number of aryl methyl sites for hydroxylation is 2. The molecule has 0 N–H and O–H groups in total. The first-order valence-corrected chi connectivity index (χ1v) is 9.57. The fraction of sp³-hybridized carbons (Fsp3) is 0.389. The van der Waals surface area contributed by atoms with Gasteiger partial charge in [0.25, 0.3) is 5.91 Å². The third kappa shape index (κ3) is 3.90. The van der Waals surface area contributed by atoms with E-state index in [4.69, 9.17) is 11.6 Å². The molecule has 0 bridgehead atoms. The van der Waals surface area contributed by atoms with Gasteiger partial charge in [0.1, 0.15) is 5.69 Å². The summed E-state index contributed by atoms with van der Waals surface area (Å²) in [6.45, 7) is 3.39. The quantitative estimate of drug-likeness (QED) is 0.644. The minimum absolute atomic E-state index is 0.0774. The summed E-state index contributed by atoms with van der Waals surface area (Å²) in [5.41, 5.74) is 2.30. The van der Waals surface area contributed by atoms with Crippen molar-refractivity contribution in [3.63, 3.8) is 0 Å². The second kappa shape index (κ2) is 7.73. The lowest BCUT2D eigenvalue weighted by Gasteiger charge is -2.21. The zero-order valence-electron chi connectivity index (χ0n) is 15.4. The summed E-state index contributed by atoms with van der Waals surface area (Å²) in [7, 11) is 5.84. The predicted molar refractivity (Wildman–Crippen MR) is 107 cm³/mol. The predicted octanol–water partition coefficient (Wildman–Crippen LogP) is 3.59. The molecular formula is C18H22ClN5OS. The van der Waals surface area contributed by atoms with Gasteiger partial charge in [-0.3, -0.25) is 14.4 Å². The van der Waals surface area contributed by atoms with Crippen molar-refractivity contribution < 1.29 is 4.79 Å². The first kappa shape index (κ1) is 18.8. The lowest BCUT2D eigenvalue weighted by Crippen LogP contribution is -2.35. The van der Waals surface area contributed by atoms with Crippen LogP contribution in [0.5, 0.6) is 0 Å². The second-order valence-corrected chi connectivity index (χ2v) is 7.97. The van der Waals surface area contributed by atoms with E-state index in [1.54, 1.807) is 22.8 Å². The number of thiazole rings is 1. The van der Waals surface area contributed by atoms with Gasteiger partial charge < -0.3 is 4.90 Å². The largest absolute Gasteiger partial charge is 0.309 e. The van der Waals surface area contributed by atoms with Crippen molar-refractivity contribution >= 4 is 44.2 Å². The van der Waals surface area contributed by atoms with E-state index in [1.165, 1.54) is 11.3 Å². The van der Waals surface area contributed by atoms with Crippen molar-refractivity contribution in [2.24, 2.45) is 7.05 Å². The maximum atomic E-state index is 13.3. The molecule has 3 rings (SSSR count). The van der Waals surface area contributed by atoms with E-state index in [-0.39, 0.29) is 5.91 Å². The van der Waals surface area contributed by atoms with Gasteiger partial charge in [-0.25, -0.2) is 4.98 Å². The Balaban J connectivity index is 1.97. The van der Waals surface area contributed by atoms with Crippen LogP contribution in [0.2, 0.25) is 5.02 Å². The number of hydrogen-bond donors (Lipinski definition) is 0. The molecule has 0 radical (unpaired) electrons. The number of nitrogens with zero attached hydrogens (tertiary/aromatic N) is 5. The van der Waals surface area contributed by atoms with Crippen LogP contribution in [0, 0.1) is 6.92 Å². The van der Waals surface area contributed by atoms with Gasteiger partial charge in [0, 0.05) is 18.6 Å². The van der Waals surface area contributed by atoms with Gasteiger partial charge in [-0.05, 0) is 57.7 Å². The summed E-state index contributed by atoms with van der Waals surface area (Å²) in [4.78, 5) is 21.8. The smallest absolute Gasteiger partial charge is 0.278 e. The van der Waals surface area contributed by atoms with E-state index in [0.717, 1.165) is 28.7 Å². The zero-order chi connectivity index (χ0) is 18.8. The maximum Gasteiger partial charge on any atom is 0.278 e. The number of fused-ring (bicyclic) bond motifs is 1. The molecule has 2 heterocycles. The Kier molecular flexibility index (Phi) is 5.60. The molecule has 0 saturated heterocycles. The van der Waals surface area contributed by atoms with E-state index in [9.17, 15) is 4.79 Å². The fourth-order valence-electron chi connectivity index (χ4n) is 2.81. The van der Waals surface area contributed by atoms with Gasteiger partial charge >= 0.3 is 0 Å². The number of amides is 1. The van der Waals surface area contributed by atoms with Crippen LogP contribution >= 0.6 is 22.9 Å². The van der Waals surface area contributed by atoms with Crippen LogP contribution in [0.25, 0.3) is 10.2 Å². The summed E-state index contributed by atoms with van der Waals surface area (Å²) in [6.07, 6.45) is 2.57. The Bertz CT molecular complexity index is 913. The molecule has 0 fully saturated rings. The minimum atomic E-state index is -0.0774. The minimum Gasteiger partial charge on any atom is -0.309 e. The Morgan fingerprint density at radius 2 is 2.08 bits per heavy atom. The molecule has 1 aromatic carbocycles. The van der Waals surface area contributed by atoms with Gasteiger partial charge in [-0.1, -0.05) is 22.9 Å². The van der Waals surface area contributed by atoms with E-state index >= 15 is 0 Å². The molecule has 0 spiro atoms. The summed E-state index contributed by atoms with van der Waals surface area (Å²) >= 11 is 7.57. The van der Waals surface area contributed by atoms with Crippen LogP contribution in [0.3, 0.4) is 0 Å². The highest BCUT2D eigenvalue weighted by molar-refractivity contribution is 7.22. The van der Waals surface area contributed by atoms with Crippen molar-refractivity contribution in [2.45, 2.75) is 13.3 Å². The van der Waals surface area contributed by atoms with Crippen molar-refractivity contribution in [3.8, 4) is 0 Å². The molecule has 0 saturated carbocycles. The Morgan fingerprint density at radius 1 is 1.31 bits per heavy atom. The Hall–Kier alpha value is -1.96. The van der Waals surface area contributed by atoms with Crippen molar-refractivity contribution in [2.75, 3.05) is 32.1 Å². The molecule has 0 atom stereocenters. The first-order chi connectivity index (χ1) is 12.4. The monoisotopic (exact) mass is 391 g/mol. The Labute approximate surface area is 162 Å². The SMILES string of the molecule is Cc1cnn(C)c1C(=O)N(CCCN(C)C)c1nc2ccc(Cl)cc2s1. The number of anilines is 1. The summed E-state index contributed by atoms with van der Waals surface area (Å²) in [6, 6.07) is 5.59. The molecule has 0 unspecified atom stereocenters. The molecule has 26 heavy (non-hydrogen) atoms. The fourth-order valence-corrected chi connectivity index (χ4v) is 4.08. The summed E-state index contributed by atoms with van der Waals surface area (Å²) in [5.74, 6) is -0.0774. The topological polar surface area (TPSA) is 54.3 Å². The van der Waals surface area contributed by atoms with Crippen LogP contribution in [-0.4, -0.2) is 52.8 Å². The van der Waals surface area contributed by atoms with Crippen molar-refractivity contribution in [1.82, 2.24) is 19.7 Å². The first-order valence-electron chi connectivity index (χ1n) is 8.38. The van der Waals surface area contributed by atoms with Crippen LogP contribution in [0.15, 0.2) is 24.4 Å². The van der Waals surface area contributed by atoms with Crippen LogP contribution in [0.4, 0.5) is 5.13 Å². The van der Waals surface area contributed by atoms with Crippen molar-refractivity contribution in [3.05, 3.63) is 40.7 Å². The highest BCUT2D eigenvalue weighted by Gasteiger charge is 2.25. The van der Waals surface area contributed by atoms with E-state index in [2.05, 4.69) is 15.0 Å². The average Bonchev–Trinajstić information content (AvgIpc) is 3.13. The van der Waals surface area contributed by atoms with Crippen LogP contribution in [-0.2, 0) is 7.05 Å². The number of benzene rings is 1.